The van der Waals surface area contributed by atoms with Crippen LogP contribution in [0, 0.1) is 0 Å². The number of aliphatic hydroxyl groups is 1. The maximum Gasteiger partial charge on any atom is 0.191 e. The summed E-state index contributed by atoms with van der Waals surface area (Å²) in [6.45, 7) is 15.8. The fourth-order valence-corrected chi connectivity index (χ4v) is 2.87. The smallest absolute Gasteiger partial charge is 0.191 e. The predicted octanol–water partition coefficient (Wildman–Crippen LogP) is 3.80. The first-order chi connectivity index (χ1) is 13.5. The van der Waals surface area contributed by atoms with Gasteiger partial charge in [-0.25, -0.2) is 0 Å². The van der Waals surface area contributed by atoms with E-state index >= 15 is 0 Å². The maximum atomic E-state index is 10.4. The van der Waals surface area contributed by atoms with Crippen molar-refractivity contribution in [2.24, 2.45) is 4.99 Å². The average Bonchev–Trinajstić information content (AvgIpc) is 2.68. The van der Waals surface area contributed by atoms with Gasteiger partial charge in [0.15, 0.2) is 5.96 Å². The molecule has 0 fully saturated rings. The molecule has 1 aromatic rings. The second-order valence-corrected chi connectivity index (χ2v) is 7.13. The minimum Gasteiger partial charge on any atom is -0.491 e. The number of hydrogen-bond acceptors (Lipinski definition) is 4. The monoisotopic (exact) mass is 520 g/mol. The van der Waals surface area contributed by atoms with Gasteiger partial charge in [-0.05, 0) is 70.9 Å². The Morgan fingerprint density at radius 3 is 2.28 bits per heavy atom. The van der Waals surface area contributed by atoms with E-state index in [1.807, 2.05) is 45.0 Å². The van der Waals surface area contributed by atoms with Crippen LogP contribution in [0.2, 0.25) is 0 Å². The molecule has 0 aliphatic carbocycles. The van der Waals surface area contributed by atoms with Gasteiger partial charge in [0, 0.05) is 13.1 Å². The quantitative estimate of drug-likeness (QED) is 0.160. The van der Waals surface area contributed by atoms with Gasteiger partial charge in [0.05, 0.1) is 18.8 Å². The zero-order chi connectivity index (χ0) is 20.8. The van der Waals surface area contributed by atoms with Crippen molar-refractivity contribution in [2.75, 3.05) is 39.3 Å². The van der Waals surface area contributed by atoms with Gasteiger partial charge < -0.3 is 25.4 Å². The van der Waals surface area contributed by atoms with Gasteiger partial charge in [-0.3, -0.25) is 4.99 Å². The van der Waals surface area contributed by atoms with Crippen molar-refractivity contribution in [3.8, 4) is 5.75 Å². The number of unbranched alkanes of at least 4 members (excludes halogenated alkanes) is 1. The van der Waals surface area contributed by atoms with E-state index in [1.54, 1.807) is 0 Å². The number of ether oxygens (including phenoxy) is 1. The fourth-order valence-electron chi connectivity index (χ4n) is 2.87. The molecular weight excluding hydrogens is 479 g/mol. The van der Waals surface area contributed by atoms with E-state index in [-0.39, 0.29) is 30.1 Å². The summed E-state index contributed by atoms with van der Waals surface area (Å²) in [5.74, 6) is 1.57. The Bertz CT molecular complexity index is 548. The molecule has 0 saturated carbocycles. The molecule has 6 nitrogen and oxygen atoms in total. The molecule has 1 unspecified atom stereocenters. The lowest BCUT2D eigenvalue weighted by Crippen LogP contribution is -2.38. The zero-order valence-corrected chi connectivity index (χ0v) is 21.1. The van der Waals surface area contributed by atoms with Crippen molar-refractivity contribution in [2.45, 2.75) is 59.7 Å². The van der Waals surface area contributed by atoms with E-state index in [0.29, 0.717) is 6.54 Å². The average molecular weight is 521 g/mol. The highest BCUT2D eigenvalue weighted by molar-refractivity contribution is 14.0. The van der Waals surface area contributed by atoms with Gasteiger partial charge in [0.2, 0.25) is 0 Å². The largest absolute Gasteiger partial charge is 0.491 e. The van der Waals surface area contributed by atoms with E-state index < -0.39 is 6.10 Å². The highest BCUT2D eigenvalue weighted by Crippen LogP contribution is 2.19. The highest BCUT2D eigenvalue weighted by atomic mass is 127. The van der Waals surface area contributed by atoms with Crippen LogP contribution in [0.4, 0.5) is 0 Å². The molecule has 1 atom stereocenters. The van der Waals surface area contributed by atoms with Crippen molar-refractivity contribution in [3.05, 3.63) is 29.8 Å². The topological polar surface area (TPSA) is 69.1 Å². The van der Waals surface area contributed by atoms with Crippen LogP contribution >= 0.6 is 24.0 Å². The van der Waals surface area contributed by atoms with Gasteiger partial charge in [0.25, 0.3) is 0 Å². The van der Waals surface area contributed by atoms with E-state index in [1.165, 1.54) is 6.42 Å². The summed E-state index contributed by atoms with van der Waals surface area (Å²) in [5, 5.41) is 17.0. The SMILES string of the molecule is CCNC(=NCC(O)c1ccc(OC(C)C)cc1)NCCCCN(CC)CC.I. The summed E-state index contributed by atoms with van der Waals surface area (Å²) in [7, 11) is 0. The molecule has 0 radical (unpaired) electrons. The molecule has 0 bridgehead atoms. The molecule has 0 amide bonds. The zero-order valence-electron chi connectivity index (χ0n) is 18.8. The lowest BCUT2D eigenvalue weighted by molar-refractivity contribution is 0.186. The molecule has 0 saturated heterocycles. The van der Waals surface area contributed by atoms with Gasteiger partial charge in [-0.15, -0.1) is 24.0 Å². The van der Waals surface area contributed by atoms with E-state index in [0.717, 1.165) is 56.4 Å². The number of nitrogens with one attached hydrogen (secondary N) is 2. The van der Waals surface area contributed by atoms with Gasteiger partial charge in [-0.1, -0.05) is 26.0 Å². The molecule has 0 aliphatic rings. The van der Waals surface area contributed by atoms with Crippen molar-refractivity contribution in [1.29, 1.82) is 0 Å². The van der Waals surface area contributed by atoms with Crippen LogP contribution in [0.1, 0.15) is 59.1 Å². The fraction of sp³-hybridized carbons (Fsp3) is 0.682. The lowest BCUT2D eigenvalue weighted by atomic mass is 10.1. The Morgan fingerprint density at radius 1 is 1.07 bits per heavy atom. The van der Waals surface area contributed by atoms with Crippen molar-refractivity contribution < 1.29 is 9.84 Å². The molecule has 168 valence electrons. The van der Waals surface area contributed by atoms with E-state index in [9.17, 15) is 5.11 Å². The summed E-state index contributed by atoms with van der Waals surface area (Å²) in [5.41, 5.74) is 0.843. The van der Waals surface area contributed by atoms with Crippen LogP contribution in [-0.4, -0.2) is 61.3 Å². The summed E-state index contributed by atoms with van der Waals surface area (Å²) in [6.07, 6.45) is 1.77. The van der Waals surface area contributed by atoms with Crippen LogP contribution in [-0.2, 0) is 0 Å². The first-order valence-corrected chi connectivity index (χ1v) is 10.7. The number of aliphatic imine (C=N–C) groups is 1. The third-order valence-corrected chi connectivity index (χ3v) is 4.49. The number of halogens is 1. The van der Waals surface area contributed by atoms with Crippen molar-refractivity contribution in [3.63, 3.8) is 0 Å². The summed E-state index contributed by atoms with van der Waals surface area (Å²) < 4.78 is 5.64. The van der Waals surface area contributed by atoms with Crippen LogP contribution in [0.25, 0.3) is 0 Å². The molecular formula is C22H41IN4O2. The number of hydrogen-bond donors (Lipinski definition) is 3. The first kappa shape index (κ1) is 27.9. The number of guanidine groups is 1. The third-order valence-electron chi connectivity index (χ3n) is 4.49. The molecule has 29 heavy (non-hydrogen) atoms. The minimum absolute atomic E-state index is 0. The lowest BCUT2D eigenvalue weighted by Gasteiger charge is -2.18. The first-order valence-electron chi connectivity index (χ1n) is 10.7. The van der Waals surface area contributed by atoms with E-state index in [4.69, 9.17) is 4.74 Å². The maximum absolute atomic E-state index is 10.4. The van der Waals surface area contributed by atoms with Gasteiger partial charge in [0.1, 0.15) is 5.75 Å². The summed E-state index contributed by atoms with van der Waals surface area (Å²) in [4.78, 5) is 6.97. The number of aliphatic hydroxyl groups excluding tert-OH is 1. The second-order valence-electron chi connectivity index (χ2n) is 7.13. The van der Waals surface area contributed by atoms with Crippen LogP contribution < -0.4 is 15.4 Å². The molecule has 1 aromatic carbocycles. The number of rotatable bonds is 13. The Hall–Kier alpha value is -1.06. The summed E-state index contributed by atoms with van der Waals surface area (Å²) in [6, 6.07) is 7.57. The highest BCUT2D eigenvalue weighted by Gasteiger charge is 2.08. The van der Waals surface area contributed by atoms with Crippen LogP contribution in [0.5, 0.6) is 5.75 Å². The molecule has 0 heterocycles. The normalized spacial score (nSPS) is 12.6. The third kappa shape index (κ3) is 12.3. The van der Waals surface area contributed by atoms with E-state index in [2.05, 4.69) is 34.4 Å². The van der Waals surface area contributed by atoms with Crippen LogP contribution in [0.3, 0.4) is 0 Å². The molecule has 1 rings (SSSR count). The standard InChI is InChI=1S/C22H40N4O2.HI/c1-6-23-22(24-15-9-10-16-26(7-2)8-3)25-17-21(27)19-11-13-20(14-12-19)28-18(4)5;/h11-14,18,21,27H,6-10,15-17H2,1-5H3,(H2,23,24,25);1H. The number of nitrogens with zero attached hydrogens (tertiary/aromatic N) is 2. The van der Waals surface area contributed by atoms with Crippen molar-refractivity contribution in [1.82, 2.24) is 15.5 Å². The van der Waals surface area contributed by atoms with Gasteiger partial charge in [-0.2, -0.15) is 0 Å². The Balaban J connectivity index is 0.00000784. The minimum atomic E-state index is -0.633. The molecule has 7 heteroatoms. The Kier molecular flexibility index (Phi) is 16.1. The Morgan fingerprint density at radius 2 is 1.72 bits per heavy atom. The Labute approximate surface area is 194 Å². The van der Waals surface area contributed by atoms with Gasteiger partial charge >= 0.3 is 0 Å². The molecule has 0 aromatic heterocycles. The van der Waals surface area contributed by atoms with Crippen LogP contribution in [0.15, 0.2) is 29.3 Å². The predicted molar refractivity (Wildman–Crippen MR) is 134 cm³/mol. The number of benzene rings is 1. The summed E-state index contributed by atoms with van der Waals surface area (Å²) >= 11 is 0. The molecule has 3 N–H and O–H groups in total. The molecule has 0 spiro atoms. The second kappa shape index (κ2) is 16.7. The van der Waals surface area contributed by atoms with Crippen molar-refractivity contribution >= 4 is 29.9 Å². The molecule has 0 aliphatic heterocycles.